The van der Waals surface area contributed by atoms with E-state index in [4.69, 9.17) is 5.11 Å². The Morgan fingerprint density at radius 1 is 0.679 bits per heavy atom. The van der Waals surface area contributed by atoms with Crippen molar-refractivity contribution in [1.82, 2.24) is 0 Å². The molecule has 6 heteroatoms. The maximum absolute atomic E-state index is 12.3. The van der Waals surface area contributed by atoms with Crippen LogP contribution in [0.15, 0.2) is 78.9 Å². The first-order valence-corrected chi connectivity index (χ1v) is 8.60. The largest absolute Gasteiger partial charge is 0.478 e. The van der Waals surface area contributed by atoms with Crippen molar-refractivity contribution in [3.8, 4) is 0 Å². The van der Waals surface area contributed by atoms with Crippen LogP contribution in [0.4, 0.5) is 11.4 Å². The molecule has 0 atom stereocenters. The van der Waals surface area contributed by atoms with Gasteiger partial charge in [0.15, 0.2) is 0 Å². The van der Waals surface area contributed by atoms with E-state index in [2.05, 4.69) is 10.6 Å². The summed E-state index contributed by atoms with van der Waals surface area (Å²) in [5, 5.41) is 14.4. The van der Waals surface area contributed by atoms with E-state index in [-0.39, 0.29) is 23.8 Å². The molecule has 3 aromatic rings. The third-order valence-corrected chi connectivity index (χ3v) is 4.03. The van der Waals surface area contributed by atoms with Gasteiger partial charge in [0.1, 0.15) is 0 Å². The van der Waals surface area contributed by atoms with Gasteiger partial charge in [0.2, 0.25) is 5.91 Å². The minimum Gasteiger partial charge on any atom is -0.478 e. The second kappa shape index (κ2) is 8.64. The Morgan fingerprint density at radius 2 is 1.21 bits per heavy atom. The second-order valence-corrected chi connectivity index (χ2v) is 6.12. The minimum atomic E-state index is -1.03. The third-order valence-electron chi connectivity index (χ3n) is 4.03. The fraction of sp³-hybridized carbons (Fsp3) is 0.0455. The SMILES string of the molecule is O=C(Cc1ccccc1)Nc1ccc(C(=O)Nc2ccc(C(=O)O)cc2)cc1. The van der Waals surface area contributed by atoms with E-state index in [1.807, 2.05) is 30.3 Å². The molecule has 3 aromatic carbocycles. The highest BCUT2D eigenvalue weighted by Gasteiger charge is 2.09. The van der Waals surface area contributed by atoms with E-state index in [0.29, 0.717) is 16.9 Å². The topological polar surface area (TPSA) is 95.5 Å². The summed E-state index contributed by atoms with van der Waals surface area (Å²) in [6.07, 6.45) is 0.273. The predicted molar refractivity (Wildman–Crippen MR) is 107 cm³/mol. The molecule has 0 bridgehead atoms. The Hall–Kier alpha value is -3.93. The van der Waals surface area contributed by atoms with Crippen LogP contribution < -0.4 is 10.6 Å². The number of carboxylic acids is 1. The number of aromatic carboxylic acids is 1. The number of carbonyl (C=O) groups is 3. The van der Waals surface area contributed by atoms with Crippen LogP contribution in [0.5, 0.6) is 0 Å². The fourth-order valence-corrected chi connectivity index (χ4v) is 2.59. The van der Waals surface area contributed by atoms with Crippen LogP contribution in [0.2, 0.25) is 0 Å². The first-order chi connectivity index (χ1) is 13.5. The van der Waals surface area contributed by atoms with E-state index < -0.39 is 5.97 Å². The molecule has 0 spiro atoms. The number of hydrogen-bond acceptors (Lipinski definition) is 3. The van der Waals surface area contributed by atoms with E-state index in [1.54, 1.807) is 24.3 Å². The van der Waals surface area contributed by atoms with Gasteiger partial charge in [-0.05, 0) is 54.1 Å². The van der Waals surface area contributed by atoms with Gasteiger partial charge < -0.3 is 15.7 Å². The van der Waals surface area contributed by atoms with Crippen LogP contribution in [-0.4, -0.2) is 22.9 Å². The molecule has 0 fully saturated rings. The minimum absolute atomic E-state index is 0.137. The Bertz CT molecular complexity index is 981. The van der Waals surface area contributed by atoms with Crippen molar-refractivity contribution in [3.05, 3.63) is 95.6 Å². The van der Waals surface area contributed by atoms with Crippen LogP contribution in [0.25, 0.3) is 0 Å². The lowest BCUT2D eigenvalue weighted by Gasteiger charge is -2.08. The van der Waals surface area contributed by atoms with E-state index in [9.17, 15) is 14.4 Å². The van der Waals surface area contributed by atoms with Gasteiger partial charge in [0.25, 0.3) is 5.91 Å². The van der Waals surface area contributed by atoms with Crippen molar-refractivity contribution < 1.29 is 19.5 Å². The first kappa shape index (κ1) is 18.8. The molecular weight excluding hydrogens is 356 g/mol. The molecule has 0 saturated carbocycles. The van der Waals surface area contributed by atoms with E-state index >= 15 is 0 Å². The summed E-state index contributed by atoms with van der Waals surface area (Å²) in [6, 6.07) is 21.9. The maximum atomic E-state index is 12.3. The van der Waals surface area contributed by atoms with Crippen LogP contribution in [0, 0.1) is 0 Å². The molecule has 0 heterocycles. The zero-order valence-electron chi connectivity index (χ0n) is 14.9. The molecule has 0 unspecified atom stereocenters. The highest BCUT2D eigenvalue weighted by Crippen LogP contribution is 2.14. The third kappa shape index (κ3) is 5.04. The number of rotatable bonds is 6. The van der Waals surface area contributed by atoms with Gasteiger partial charge in [-0.15, -0.1) is 0 Å². The van der Waals surface area contributed by atoms with Crippen molar-refractivity contribution in [3.63, 3.8) is 0 Å². The normalized spacial score (nSPS) is 10.1. The number of hydrogen-bond donors (Lipinski definition) is 3. The number of amides is 2. The number of carbonyl (C=O) groups excluding carboxylic acids is 2. The van der Waals surface area contributed by atoms with Crippen LogP contribution in [0.1, 0.15) is 26.3 Å². The number of benzene rings is 3. The molecular formula is C22H18N2O4. The Kier molecular flexibility index (Phi) is 5.81. The lowest BCUT2D eigenvalue weighted by Crippen LogP contribution is -2.15. The summed E-state index contributed by atoms with van der Waals surface area (Å²) < 4.78 is 0. The molecule has 3 N–H and O–H groups in total. The zero-order chi connectivity index (χ0) is 19.9. The number of carboxylic acid groups (broad SMARTS) is 1. The molecule has 140 valence electrons. The average molecular weight is 374 g/mol. The standard InChI is InChI=1S/C22H18N2O4/c25-20(14-15-4-2-1-3-5-15)23-18-10-6-16(7-11-18)21(26)24-19-12-8-17(9-13-19)22(27)28/h1-13H,14H2,(H,23,25)(H,24,26)(H,27,28). The molecule has 0 saturated heterocycles. The van der Waals surface area contributed by atoms with Crippen molar-refractivity contribution in [2.24, 2.45) is 0 Å². The monoisotopic (exact) mass is 374 g/mol. The highest BCUT2D eigenvalue weighted by molar-refractivity contribution is 6.05. The summed E-state index contributed by atoms with van der Waals surface area (Å²) in [4.78, 5) is 35.2. The Morgan fingerprint density at radius 3 is 1.79 bits per heavy atom. The number of nitrogens with one attached hydrogen (secondary N) is 2. The molecule has 6 nitrogen and oxygen atoms in total. The molecule has 0 radical (unpaired) electrons. The van der Waals surface area contributed by atoms with Crippen LogP contribution >= 0.6 is 0 Å². The molecule has 0 aromatic heterocycles. The van der Waals surface area contributed by atoms with Crippen molar-refractivity contribution in [2.75, 3.05) is 10.6 Å². The van der Waals surface area contributed by atoms with Crippen molar-refractivity contribution in [2.45, 2.75) is 6.42 Å². The summed E-state index contributed by atoms with van der Waals surface area (Å²) in [7, 11) is 0. The van der Waals surface area contributed by atoms with Gasteiger partial charge in [-0.1, -0.05) is 30.3 Å². The quantitative estimate of drug-likeness (QED) is 0.611. The molecule has 28 heavy (non-hydrogen) atoms. The van der Waals surface area contributed by atoms with Crippen molar-refractivity contribution >= 4 is 29.2 Å². The second-order valence-electron chi connectivity index (χ2n) is 6.12. The van der Waals surface area contributed by atoms with Crippen LogP contribution in [0.3, 0.4) is 0 Å². The average Bonchev–Trinajstić information content (AvgIpc) is 2.69. The smallest absolute Gasteiger partial charge is 0.335 e. The molecule has 3 rings (SSSR count). The lowest BCUT2D eigenvalue weighted by atomic mass is 10.1. The summed E-state index contributed by atoms with van der Waals surface area (Å²) in [5.74, 6) is -1.49. The lowest BCUT2D eigenvalue weighted by molar-refractivity contribution is -0.115. The van der Waals surface area contributed by atoms with Crippen molar-refractivity contribution in [1.29, 1.82) is 0 Å². The molecule has 0 aliphatic rings. The van der Waals surface area contributed by atoms with E-state index in [1.165, 1.54) is 24.3 Å². The molecule has 0 aliphatic carbocycles. The van der Waals surface area contributed by atoms with Gasteiger partial charge in [0.05, 0.1) is 12.0 Å². The van der Waals surface area contributed by atoms with Gasteiger partial charge in [-0.2, -0.15) is 0 Å². The summed E-state index contributed by atoms with van der Waals surface area (Å²) in [6.45, 7) is 0. The summed E-state index contributed by atoms with van der Waals surface area (Å²) in [5.41, 5.74) is 2.58. The summed E-state index contributed by atoms with van der Waals surface area (Å²) >= 11 is 0. The fourth-order valence-electron chi connectivity index (χ4n) is 2.59. The first-order valence-electron chi connectivity index (χ1n) is 8.60. The van der Waals surface area contributed by atoms with E-state index in [0.717, 1.165) is 5.56 Å². The Balaban J connectivity index is 1.58. The molecule has 2 amide bonds. The highest BCUT2D eigenvalue weighted by atomic mass is 16.4. The predicted octanol–water partition coefficient (Wildman–Crippen LogP) is 3.82. The van der Waals surface area contributed by atoms with Crippen LogP contribution in [-0.2, 0) is 11.2 Å². The Labute approximate surface area is 161 Å². The zero-order valence-corrected chi connectivity index (χ0v) is 14.9. The maximum Gasteiger partial charge on any atom is 0.335 e. The van der Waals surface area contributed by atoms with Gasteiger partial charge in [0, 0.05) is 16.9 Å². The number of anilines is 2. The van der Waals surface area contributed by atoms with Gasteiger partial charge in [-0.25, -0.2) is 4.79 Å². The molecule has 0 aliphatic heterocycles. The van der Waals surface area contributed by atoms with Gasteiger partial charge in [-0.3, -0.25) is 9.59 Å². The van der Waals surface area contributed by atoms with Gasteiger partial charge >= 0.3 is 5.97 Å².